The summed E-state index contributed by atoms with van der Waals surface area (Å²) in [5.41, 5.74) is 0.949. The lowest BCUT2D eigenvalue weighted by Crippen LogP contribution is -2.51. The molecular weight excluding hydrogens is 250 g/mol. The first-order valence-corrected chi connectivity index (χ1v) is 6.45. The molecule has 0 N–H and O–H groups in total. The lowest BCUT2D eigenvalue weighted by atomic mass is 9.89. The fourth-order valence-electron chi connectivity index (χ4n) is 2.31. The Morgan fingerprint density at radius 1 is 1.39 bits per heavy atom. The van der Waals surface area contributed by atoms with E-state index in [1.807, 2.05) is 18.2 Å². The number of piperidine rings is 1. The summed E-state index contributed by atoms with van der Waals surface area (Å²) in [6, 6.07) is 5.65. The number of nitrogens with zero attached hydrogens (tertiary/aromatic N) is 1. The quantitative estimate of drug-likeness (QED) is 0.823. The number of hydrogen-bond donors (Lipinski definition) is 0. The molecule has 98 valence electrons. The van der Waals surface area contributed by atoms with E-state index in [9.17, 15) is 4.79 Å². The molecule has 0 aromatic heterocycles. The van der Waals surface area contributed by atoms with Gasteiger partial charge in [0.15, 0.2) is 5.78 Å². The van der Waals surface area contributed by atoms with Gasteiger partial charge in [0.25, 0.3) is 0 Å². The number of methoxy groups -OCH3 is 1. The normalized spacial score (nSPS) is 18.9. The molecule has 0 atom stereocenters. The fourth-order valence-corrected chi connectivity index (χ4v) is 2.57. The molecule has 0 aliphatic carbocycles. The monoisotopic (exact) mass is 267 g/mol. The van der Waals surface area contributed by atoms with E-state index in [0.717, 1.165) is 12.1 Å². The maximum Gasteiger partial charge on any atom is 0.152 e. The number of ether oxygens (including phenoxy) is 1. The molecule has 18 heavy (non-hydrogen) atoms. The van der Waals surface area contributed by atoms with Gasteiger partial charge in [-0.2, -0.15) is 0 Å². The molecule has 0 spiro atoms. The second-order valence-electron chi connectivity index (χ2n) is 5.26. The molecule has 0 amide bonds. The molecule has 2 rings (SSSR count). The molecular formula is C14H18ClNO2. The standard InChI is InChI=1S/C14H18ClNO2/c1-14(2)7-6-11(17)9-16(14)10-4-5-13(18-3)12(15)8-10/h4-5,8H,6-7,9H2,1-3H3. The Hall–Kier alpha value is -1.22. The zero-order valence-electron chi connectivity index (χ0n) is 11.0. The number of benzene rings is 1. The van der Waals surface area contributed by atoms with Gasteiger partial charge in [-0.25, -0.2) is 0 Å². The van der Waals surface area contributed by atoms with Crippen LogP contribution in [-0.4, -0.2) is 25.0 Å². The molecule has 0 bridgehead atoms. The molecule has 1 heterocycles. The van der Waals surface area contributed by atoms with Crippen LogP contribution in [0.25, 0.3) is 0 Å². The minimum absolute atomic E-state index is 0.0220. The topological polar surface area (TPSA) is 29.5 Å². The summed E-state index contributed by atoms with van der Waals surface area (Å²) >= 11 is 6.14. The van der Waals surface area contributed by atoms with Crippen molar-refractivity contribution in [2.24, 2.45) is 0 Å². The van der Waals surface area contributed by atoms with Gasteiger partial charge in [0, 0.05) is 17.6 Å². The van der Waals surface area contributed by atoms with Crippen LogP contribution in [0.15, 0.2) is 18.2 Å². The molecule has 0 unspecified atom stereocenters. The molecule has 3 nitrogen and oxygen atoms in total. The van der Waals surface area contributed by atoms with Crippen LogP contribution in [0.3, 0.4) is 0 Å². The van der Waals surface area contributed by atoms with Crippen LogP contribution in [0.5, 0.6) is 5.75 Å². The van der Waals surface area contributed by atoms with Crippen LogP contribution in [0.1, 0.15) is 26.7 Å². The van der Waals surface area contributed by atoms with Crippen LogP contribution in [0, 0.1) is 0 Å². The van der Waals surface area contributed by atoms with Gasteiger partial charge in [0.2, 0.25) is 0 Å². The molecule has 1 aliphatic rings. The molecule has 0 radical (unpaired) electrons. The number of halogens is 1. The van der Waals surface area contributed by atoms with Gasteiger partial charge in [-0.1, -0.05) is 11.6 Å². The molecule has 0 saturated carbocycles. The predicted molar refractivity (Wildman–Crippen MR) is 73.7 cm³/mol. The molecule has 4 heteroatoms. The summed E-state index contributed by atoms with van der Waals surface area (Å²) < 4.78 is 5.14. The Balaban J connectivity index is 2.34. The minimum atomic E-state index is -0.0220. The Bertz CT molecular complexity index is 471. The lowest BCUT2D eigenvalue weighted by molar-refractivity contribution is -0.119. The zero-order valence-corrected chi connectivity index (χ0v) is 11.8. The lowest BCUT2D eigenvalue weighted by Gasteiger charge is -2.43. The first-order valence-electron chi connectivity index (χ1n) is 6.07. The van der Waals surface area contributed by atoms with Crippen molar-refractivity contribution in [1.82, 2.24) is 0 Å². The highest BCUT2D eigenvalue weighted by Gasteiger charge is 2.33. The number of ketones is 1. The number of Topliss-reactive ketones (excluding diaryl/α,β-unsaturated/α-hetero) is 1. The van der Waals surface area contributed by atoms with E-state index >= 15 is 0 Å². The molecule has 1 aromatic carbocycles. The fraction of sp³-hybridized carbons (Fsp3) is 0.500. The number of carbonyl (C=O) groups excluding carboxylic acids is 1. The number of anilines is 1. The molecule has 1 saturated heterocycles. The Labute approximate surface area is 113 Å². The van der Waals surface area contributed by atoms with Gasteiger partial charge < -0.3 is 9.64 Å². The first kappa shape index (κ1) is 13.2. The van der Waals surface area contributed by atoms with Crippen molar-refractivity contribution in [2.75, 3.05) is 18.6 Å². The van der Waals surface area contributed by atoms with Gasteiger partial charge in [-0.15, -0.1) is 0 Å². The minimum Gasteiger partial charge on any atom is -0.495 e. The van der Waals surface area contributed by atoms with Crippen LogP contribution < -0.4 is 9.64 Å². The average molecular weight is 268 g/mol. The van der Waals surface area contributed by atoms with E-state index in [2.05, 4.69) is 18.7 Å². The third kappa shape index (κ3) is 2.46. The van der Waals surface area contributed by atoms with Gasteiger partial charge in [0.05, 0.1) is 18.7 Å². The van der Waals surface area contributed by atoms with Crippen LogP contribution in [0.4, 0.5) is 5.69 Å². The van der Waals surface area contributed by atoms with E-state index in [4.69, 9.17) is 16.3 Å². The van der Waals surface area contributed by atoms with Gasteiger partial charge in [-0.05, 0) is 38.5 Å². The summed E-state index contributed by atoms with van der Waals surface area (Å²) in [7, 11) is 1.59. The third-order valence-corrected chi connectivity index (χ3v) is 3.82. The maximum atomic E-state index is 11.6. The highest BCUT2D eigenvalue weighted by atomic mass is 35.5. The summed E-state index contributed by atoms with van der Waals surface area (Å²) in [6.07, 6.45) is 1.53. The summed E-state index contributed by atoms with van der Waals surface area (Å²) in [5, 5.41) is 0.573. The summed E-state index contributed by atoms with van der Waals surface area (Å²) in [5.74, 6) is 0.933. The number of carbonyl (C=O) groups is 1. The van der Waals surface area contributed by atoms with Crippen molar-refractivity contribution in [3.63, 3.8) is 0 Å². The molecule has 1 fully saturated rings. The van der Waals surface area contributed by atoms with Crippen molar-refractivity contribution in [1.29, 1.82) is 0 Å². The van der Waals surface area contributed by atoms with Crippen molar-refractivity contribution in [3.8, 4) is 5.75 Å². The van der Waals surface area contributed by atoms with Gasteiger partial charge in [-0.3, -0.25) is 4.79 Å². The number of rotatable bonds is 2. The second kappa shape index (κ2) is 4.81. The van der Waals surface area contributed by atoms with E-state index in [1.54, 1.807) is 7.11 Å². The Morgan fingerprint density at radius 2 is 2.11 bits per heavy atom. The van der Waals surface area contributed by atoms with Crippen LogP contribution in [-0.2, 0) is 4.79 Å². The smallest absolute Gasteiger partial charge is 0.152 e. The van der Waals surface area contributed by atoms with E-state index in [1.165, 1.54) is 0 Å². The van der Waals surface area contributed by atoms with Gasteiger partial charge >= 0.3 is 0 Å². The SMILES string of the molecule is COc1ccc(N2CC(=O)CCC2(C)C)cc1Cl. The highest BCUT2D eigenvalue weighted by molar-refractivity contribution is 6.32. The zero-order chi connectivity index (χ0) is 13.3. The molecule has 1 aliphatic heterocycles. The Kier molecular flexibility index (Phi) is 3.53. The van der Waals surface area contributed by atoms with Crippen molar-refractivity contribution >= 4 is 23.1 Å². The summed E-state index contributed by atoms with van der Waals surface area (Å²) in [6.45, 7) is 4.75. The van der Waals surface area contributed by atoms with Crippen molar-refractivity contribution in [2.45, 2.75) is 32.2 Å². The second-order valence-corrected chi connectivity index (χ2v) is 5.66. The third-order valence-electron chi connectivity index (χ3n) is 3.53. The van der Waals surface area contributed by atoms with Crippen molar-refractivity contribution < 1.29 is 9.53 Å². The van der Waals surface area contributed by atoms with Crippen LogP contribution in [0.2, 0.25) is 5.02 Å². The van der Waals surface area contributed by atoms with Gasteiger partial charge in [0.1, 0.15) is 5.75 Å². The number of hydrogen-bond acceptors (Lipinski definition) is 3. The van der Waals surface area contributed by atoms with Crippen molar-refractivity contribution in [3.05, 3.63) is 23.2 Å². The largest absolute Gasteiger partial charge is 0.495 e. The van der Waals surface area contributed by atoms with Crippen LogP contribution >= 0.6 is 11.6 Å². The summed E-state index contributed by atoms with van der Waals surface area (Å²) in [4.78, 5) is 13.8. The predicted octanol–water partition coefficient (Wildman–Crippen LogP) is 3.30. The first-order chi connectivity index (χ1) is 8.44. The van der Waals surface area contributed by atoms with E-state index in [-0.39, 0.29) is 11.3 Å². The van der Waals surface area contributed by atoms with E-state index in [0.29, 0.717) is 23.7 Å². The average Bonchev–Trinajstić information content (AvgIpc) is 2.32. The highest BCUT2D eigenvalue weighted by Crippen LogP contribution is 2.35. The Morgan fingerprint density at radius 3 is 2.72 bits per heavy atom. The maximum absolute atomic E-state index is 11.6. The van der Waals surface area contributed by atoms with E-state index < -0.39 is 0 Å². The molecule has 1 aromatic rings.